The second-order valence-electron chi connectivity index (χ2n) is 3.80. The molecule has 1 aromatic heterocycles. The fourth-order valence-corrected chi connectivity index (χ4v) is 1.64. The standard InChI is InChI=1S/C13H12N4O/c1-17-9-7-12(16-17)10-4-2-3-5-11(10)15-13(18)6-8-14/h2-5,7,9H,6H2,1H3,(H,15,18). The van der Waals surface area contributed by atoms with Gasteiger partial charge >= 0.3 is 0 Å². The molecule has 1 amide bonds. The highest BCUT2D eigenvalue weighted by Crippen LogP contribution is 2.26. The minimum Gasteiger partial charge on any atom is -0.325 e. The normalized spacial score (nSPS) is 9.78. The van der Waals surface area contributed by atoms with E-state index in [0.29, 0.717) is 5.69 Å². The Morgan fingerprint density at radius 2 is 2.22 bits per heavy atom. The Bertz CT molecular complexity index is 609. The fourth-order valence-electron chi connectivity index (χ4n) is 1.64. The molecule has 0 saturated heterocycles. The van der Waals surface area contributed by atoms with Gasteiger partial charge in [0.1, 0.15) is 6.42 Å². The summed E-state index contributed by atoms with van der Waals surface area (Å²) in [7, 11) is 1.83. The van der Waals surface area contributed by atoms with E-state index in [0.717, 1.165) is 11.3 Å². The number of carbonyl (C=O) groups excluding carboxylic acids is 1. The number of amides is 1. The van der Waals surface area contributed by atoms with Gasteiger partial charge in [0.2, 0.25) is 5.91 Å². The Morgan fingerprint density at radius 3 is 2.89 bits per heavy atom. The van der Waals surface area contributed by atoms with Crippen molar-refractivity contribution in [2.75, 3.05) is 5.32 Å². The molecule has 18 heavy (non-hydrogen) atoms. The van der Waals surface area contributed by atoms with Gasteiger partial charge in [-0.05, 0) is 12.1 Å². The van der Waals surface area contributed by atoms with E-state index in [-0.39, 0.29) is 12.3 Å². The number of nitrogens with zero attached hydrogens (tertiary/aromatic N) is 3. The monoisotopic (exact) mass is 240 g/mol. The largest absolute Gasteiger partial charge is 0.325 e. The smallest absolute Gasteiger partial charge is 0.238 e. The lowest BCUT2D eigenvalue weighted by Crippen LogP contribution is -2.11. The van der Waals surface area contributed by atoms with Gasteiger partial charge in [0.25, 0.3) is 0 Å². The number of rotatable bonds is 3. The maximum absolute atomic E-state index is 11.4. The Hall–Kier alpha value is -2.61. The number of aryl methyl sites for hydroxylation is 1. The van der Waals surface area contributed by atoms with Crippen LogP contribution in [-0.2, 0) is 11.8 Å². The third-order valence-electron chi connectivity index (χ3n) is 2.43. The molecule has 0 fully saturated rings. The Kier molecular flexibility index (Phi) is 3.39. The van der Waals surface area contributed by atoms with E-state index in [1.54, 1.807) is 10.7 Å². The Morgan fingerprint density at radius 1 is 1.44 bits per heavy atom. The molecule has 0 unspecified atom stereocenters. The molecule has 5 nitrogen and oxygen atoms in total. The number of benzene rings is 1. The molecule has 0 aliphatic heterocycles. The van der Waals surface area contributed by atoms with Crippen molar-refractivity contribution in [1.29, 1.82) is 5.26 Å². The summed E-state index contributed by atoms with van der Waals surface area (Å²) in [5.74, 6) is -0.319. The molecule has 5 heteroatoms. The summed E-state index contributed by atoms with van der Waals surface area (Å²) >= 11 is 0. The zero-order valence-corrected chi connectivity index (χ0v) is 9.92. The number of nitriles is 1. The fraction of sp³-hybridized carbons (Fsp3) is 0.154. The first-order chi connectivity index (χ1) is 8.70. The average Bonchev–Trinajstić information content (AvgIpc) is 2.77. The average molecular weight is 240 g/mol. The maximum Gasteiger partial charge on any atom is 0.238 e. The molecule has 2 aromatic rings. The first-order valence-corrected chi connectivity index (χ1v) is 5.46. The van der Waals surface area contributed by atoms with Crippen molar-refractivity contribution in [2.24, 2.45) is 7.05 Å². The summed E-state index contributed by atoms with van der Waals surface area (Å²) in [6.07, 6.45) is 1.68. The van der Waals surface area contributed by atoms with Gasteiger partial charge in [-0.2, -0.15) is 10.4 Å². The third kappa shape index (κ3) is 2.55. The van der Waals surface area contributed by atoms with Crippen LogP contribution in [0, 0.1) is 11.3 Å². The highest BCUT2D eigenvalue weighted by atomic mass is 16.1. The van der Waals surface area contributed by atoms with Crippen LogP contribution in [0.3, 0.4) is 0 Å². The van der Waals surface area contributed by atoms with E-state index in [1.165, 1.54) is 0 Å². The number of hydrogen-bond donors (Lipinski definition) is 1. The van der Waals surface area contributed by atoms with Gasteiger partial charge in [0, 0.05) is 18.8 Å². The number of para-hydroxylation sites is 1. The van der Waals surface area contributed by atoms with Crippen LogP contribution in [0.25, 0.3) is 11.3 Å². The number of aromatic nitrogens is 2. The van der Waals surface area contributed by atoms with E-state index < -0.39 is 0 Å². The third-order valence-corrected chi connectivity index (χ3v) is 2.43. The highest BCUT2D eigenvalue weighted by molar-refractivity contribution is 5.95. The molecule has 0 spiro atoms. The molecule has 1 heterocycles. The number of hydrogen-bond acceptors (Lipinski definition) is 3. The maximum atomic E-state index is 11.4. The van der Waals surface area contributed by atoms with E-state index in [1.807, 2.05) is 43.6 Å². The number of carbonyl (C=O) groups is 1. The van der Waals surface area contributed by atoms with Gasteiger partial charge in [-0.25, -0.2) is 0 Å². The van der Waals surface area contributed by atoms with Crippen LogP contribution >= 0.6 is 0 Å². The molecule has 1 aromatic carbocycles. The SMILES string of the molecule is Cn1ccc(-c2ccccc2NC(=O)CC#N)n1. The first kappa shape index (κ1) is 11.9. The lowest BCUT2D eigenvalue weighted by molar-refractivity contribution is -0.115. The highest BCUT2D eigenvalue weighted by Gasteiger charge is 2.09. The summed E-state index contributed by atoms with van der Waals surface area (Å²) in [5, 5.41) is 15.5. The molecule has 0 aliphatic carbocycles. The van der Waals surface area contributed by atoms with Crippen LogP contribution in [0.5, 0.6) is 0 Å². The van der Waals surface area contributed by atoms with Crippen LogP contribution in [-0.4, -0.2) is 15.7 Å². The predicted octanol–water partition coefficient (Wildman–Crippen LogP) is 1.94. The van der Waals surface area contributed by atoms with Crippen LogP contribution in [0.2, 0.25) is 0 Å². The Labute approximate surface area is 105 Å². The van der Waals surface area contributed by atoms with Crippen molar-refractivity contribution in [3.63, 3.8) is 0 Å². The van der Waals surface area contributed by atoms with Gasteiger partial charge in [0.05, 0.1) is 17.5 Å². The number of nitrogens with one attached hydrogen (secondary N) is 1. The molecular weight excluding hydrogens is 228 g/mol. The summed E-state index contributed by atoms with van der Waals surface area (Å²) in [6, 6.07) is 11.1. The summed E-state index contributed by atoms with van der Waals surface area (Å²) in [4.78, 5) is 11.4. The quantitative estimate of drug-likeness (QED) is 0.891. The van der Waals surface area contributed by atoms with Crippen molar-refractivity contribution in [3.8, 4) is 17.3 Å². The zero-order valence-electron chi connectivity index (χ0n) is 9.92. The molecule has 0 atom stereocenters. The summed E-state index contributed by atoms with van der Waals surface area (Å²) < 4.78 is 1.70. The van der Waals surface area contributed by atoms with Crippen LogP contribution < -0.4 is 5.32 Å². The molecular formula is C13H12N4O. The second kappa shape index (κ2) is 5.15. The van der Waals surface area contributed by atoms with Crippen LogP contribution in [0.4, 0.5) is 5.69 Å². The van der Waals surface area contributed by atoms with Crippen molar-refractivity contribution in [1.82, 2.24) is 9.78 Å². The van der Waals surface area contributed by atoms with Crippen molar-refractivity contribution in [2.45, 2.75) is 6.42 Å². The lowest BCUT2D eigenvalue weighted by atomic mass is 10.1. The second-order valence-corrected chi connectivity index (χ2v) is 3.80. The molecule has 0 bridgehead atoms. The van der Waals surface area contributed by atoms with Crippen molar-refractivity contribution < 1.29 is 4.79 Å². The van der Waals surface area contributed by atoms with Crippen molar-refractivity contribution >= 4 is 11.6 Å². The molecule has 0 aliphatic rings. The molecule has 90 valence electrons. The van der Waals surface area contributed by atoms with E-state index in [2.05, 4.69) is 10.4 Å². The summed E-state index contributed by atoms with van der Waals surface area (Å²) in [6.45, 7) is 0. The van der Waals surface area contributed by atoms with Gasteiger partial charge < -0.3 is 5.32 Å². The van der Waals surface area contributed by atoms with E-state index in [4.69, 9.17) is 5.26 Å². The van der Waals surface area contributed by atoms with Gasteiger partial charge in [-0.1, -0.05) is 18.2 Å². The minimum absolute atomic E-state index is 0.156. The molecule has 0 saturated carbocycles. The zero-order chi connectivity index (χ0) is 13.0. The van der Waals surface area contributed by atoms with Gasteiger partial charge in [-0.15, -0.1) is 0 Å². The topological polar surface area (TPSA) is 70.7 Å². The van der Waals surface area contributed by atoms with Gasteiger partial charge in [0.15, 0.2) is 0 Å². The van der Waals surface area contributed by atoms with Crippen LogP contribution in [0.15, 0.2) is 36.5 Å². The van der Waals surface area contributed by atoms with Crippen molar-refractivity contribution in [3.05, 3.63) is 36.5 Å². The van der Waals surface area contributed by atoms with Gasteiger partial charge in [-0.3, -0.25) is 9.48 Å². The summed E-state index contributed by atoms with van der Waals surface area (Å²) in [5.41, 5.74) is 2.28. The lowest BCUT2D eigenvalue weighted by Gasteiger charge is -2.07. The first-order valence-electron chi connectivity index (χ1n) is 5.46. The minimum atomic E-state index is -0.319. The Balaban J connectivity index is 2.32. The predicted molar refractivity (Wildman–Crippen MR) is 67.5 cm³/mol. The van der Waals surface area contributed by atoms with E-state index >= 15 is 0 Å². The number of anilines is 1. The molecule has 1 N–H and O–H groups in total. The van der Waals surface area contributed by atoms with Crippen LogP contribution in [0.1, 0.15) is 6.42 Å². The molecule has 2 rings (SSSR count). The molecule has 0 radical (unpaired) electrons. The van der Waals surface area contributed by atoms with E-state index in [9.17, 15) is 4.79 Å².